The summed E-state index contributed by atoms with van der Waals surface area (Å²) in [4.78, 5) is 129. The monoisotopic (exact) mass is 1530 g/mol. The van der Waals surface area contributed by atoms with Gasteiger partial charge in [-0.15, -0.1) is 0 Å². The number of carbonyl (C=O) groups is 9. The maximum absolute atomic E-state index is 14.3. The minimum atomic E-state index is -1.44. The van der Waals surface area contributed by atoms with E-state index in [2.05, 4.69) is 10.6 Å². The minimum absolute atomic E-state index is 0.00367. The highest BCUT2D eigenvalue weighted by molar-refractivity contribution is 6.07. The zero-order valence-corrected chi connectivity index (χ0v) is 65.5. The van der Waals surface area contributed by atoms with E-state index < -0.39 is 30.3 Å². The molecule has 0 spiro atoms. The molecular weight excluding hydrogens is 1420 g/mol. The van der Waals surface area contributed by atoms with Crippen LogP contribution >= 0.6 is 0 Å². The Hall–Kier alpha value is -8.32. The molecule has 3 aromatic carbocycles. The number of fused-ring (bicyclic) bond motifs is 4. The van der Waals surface area contributed by atoms with Gasteiger partial charge >= 0.3 is 6.09 Å². The van der Waals surface area contributed by atoms with Crippen molar-refractivity contribution in [2.75, 3.05) is 138 Å². The first-order valence-electron chi connectivity index (χ1n) is 38.9. The number of nitrogens with zero attached hydrogens (tertiary/aromatic N) is 5. The van der Waals surface area contributed by atoms with Crippen LogP contribution in [0.5, 0.6) is 11.5 Å². The maximum Gasteiger partial charge on any atom is 0.416 e. The normalized spacial score (nSPS) is 17.8. The van der Waals surface area contributed by atoms with Gasteiger partial charge in [-0.3, -0.25) is 48.2 Å². The molecule has 5 aliphatic rings. The quantitative estimate of drug-likeness (QED) is 0.0350. The Morgan fingerprint density at radius 2 is 1.13 bits per heavy atom. The molecule has 604 valence electrons. The van der Waals surface area contributed by atoms with Crippen LogP contribution in [0.15, 0.2) is 77.1 Å². The summed E-state index contributed by atoms with van der Waals surface area (Å²) >= 11 is 0. The zero-order valence-electron chi connectivity index (χ0n) is 65.5. The first-order valence-corrected chi connectivity index (χ1v) is 38.9. The Morgan fingerprint density at radius 3 is 1.70 bits per heavy atom. The molecule has 0 saturated carbocycles. The lowest BCUT2D eigenvalue weighted by Gasteiger charge is -2.31. The largest absolute Gasteiger partial charge is 0.496 e. The molecule has 110 heavy (non-hydrogen) atoms. The molecule has 1 unspecified atom stereocenters. The smallest absolute Gasteiger partial charge is 0.416 e. The Morgan fingerprint density at radius 1 is 0.600 bits per heavy atom. The van der Waals surface area contributed by atoms with Crippen LogP contribution < -0.4 is 25.0 Å². The number of hydrogen-bond donors (Lipinski definition) is 3. The summed E-state index contributed by atoms with van der Waals surface area (Å²) < 4.78 is 61.9. The van der Waals surface area contributed by atoms with Crippen molar-refractivity contribution in [2.45, 2.75) is 175 Å². The molecule has 28 heteroatoms. The summed E-state index contributed by atoms with van der Waals surface area (Å²) in [5, 5.41) is 17.7. The molecule has 1 fully saturated rings. The molecule has 5 heterocycles. The third kappa shape index (κ3) is 26.7. The van der Waals surface area contributed by atoms with Gasteiger partial charge in [-0.2, -0.15) is 0 Å². The number of nitrogens with one attached hydrogen (secondary N) is 2. The van der Waals surface area contributed by atoms with Crippen molar-refractivity contribution in [3.05, 3.63) is 105 Å². The number of methoxy groups -OCH3 is 2. The van der Waals surface area contributed by atoms with Crippen LogP contribution in [-0.2, 0) is 97.3 Å². The van der Waals surface area contributed by atoms with E-state index in [4.69, 9.17) is 57.1 Å². The fourth-order valence-corrected chi connectivity index (χ4v) is 13.7. The number of anilines is 1. The number of aryl methyl sites for hydroxylation is 2. The highest BCUT2D eigenvalue weighted by atomic mass is 16.6. The number of benzene rings is 3. The van der Waals surface area contributed by atoms with Crippen LogP contribution in [-0.4, -0.2) is 236 Å². The predicted octanol–water partition coefficient (Wildman–Crippen LogP) is 8.92. The Kier molecular flexibility index (Phi) is 36.4. The highest BCUT2D eigenvalue weighted by Crippen LogP contribution is 2.41. The number of aliphatic hydroxyl groups is 1. The fraction of sp³-hybridized carbons (Fsp3) is 0.610. The summed E-state index contributed by atoms with van der Waals surface area (Å²) in [5.41, 5.74) is 6.66. The lowest BCUT2D eigenvalue weighted by atomic mass is 9.88. The third-order valence-corrected chi connectivity index (χ3v) is 20.0. The molecule has 3 aromatic rings. The molecule has 6 atom stereocenters. The number of ketones is 2. The number of hydrogen-bond acceptors (Lipinski definition) is 22. The summed E-state index contributed by atoms with van der Waals surface area (Å²) in [6.45, 7) is 17.5. The zero-order chi connectivity index (χ0) is 78.9. The second kappa shape index (κ2) is 45.9. The summed E-state index contributed by atoms with van der Waals surface area (Å²) in [6.07, 6.45) is 12.0. The van der Waals surface area contributed by atoms with E-state index in [9.17, 15) is 48.3 Å². The molecule has 1 saturated heterocycles. The molecule has 7 amide bonds. The number of imide groups is 1. The lowest BCUT2D eigenvalue weighted by molar-refractivity contribution is -0.139. The van der Waals surface area contributed by atoms with Crippen LogP contribution in [0.1, 0.15) is 168 Å². The van der Waals surface area contributed by atoms with Crippen molar-refractivity contribution in [3.63, 3.8) is 0 Å². The highest BCUT2D eigenvalue weighted by Gasteiger charge is 2.45. The lowest BCUT2D eigenvalue weighted by Crippen LogP contribution is -2.50. The molecule has 3 N–H and O–H groups in total. The number of carbonyl (C=O) groups excluding carboxylic acids is 9. The van der Waals surface area contributed by atoms with E-state index in [-0.39, 0.29) is 122 Å². The summed E-state index contributed by atoms with van der Waals surface area (Å²) in [7, 11) is 3.17. The van der Waals surface area contributed by atoms with Crippen molar-refractivity contribution in [3.8, 4) is 11.5 Å². The average Bonchev–Trinajstić information content (AvgIpc) is 1.61. The number of aliphatic imine (C=N–C) groups is 1. The van der Waals surface area contributed by atoms with E-state index in [1.807, 2.05) is 52.2 Å². The third-order valence-electron chi connectivity index (χ3n) is 20.0. The Labute approximate surface area is 646 Å². The van der Waals surface area contributed by atoms with Gasteiger partial charge in [0.25, 0.3) is 11.8 Å². The standard InChI is InChI=1S/C82H115N7O21/c1-55(2)66(48-65(90)23-26-102-28-30-104-32-34-106-36-38-108-40-41-109-39-37-107-35-33-105-31-29-103-27-24-83-75(92)18-14-15-25-86-76(93)44-58(5)78(86)95)77(94)85-59(6)72(91)45-60-19-21-61(22-20-60)54-110-82(99)89-70-47-63(74(101-8)50-68(70)80(97)88-53-57(4)43-71(88)81(89)98)17-13-11-9-10-12-16-62-46-69-67(49-73(62)100-7)79(96)87-52-56(3)42-64(87)51-84-69/h19-22,46-47,49-53,55,58-59,64,66,71,81,98H,9-18,23-45,48,54H2,1-8H3,(H,83,92)(H,85,94)/t58?,59-,64-,66-,71-,81-/m0/s1. The van der Waals surface area contributed by atoms with Gasteiger partial charge in [-0.25, -0.2) is 9.69 Å². The van der Waals surface area contributed by atoms with Crippen LogP contribution in [0.25, 0.3) is 0 Å². The molecule has 0 aliphatic carbocycles. The van der Waals surface area contributed by atoms with E-state index >= 15 is 0 Å². The molecule has 5 aliphatic heterocycles. The van der Waals surface area contributed by atoms with Gasteiger partial charge in [0.05, 0.1) is 161 Å². The van der Waals surface area contributed by atoms with Crippen molar-refractivity contribution in [1.29, 1.82) is 0 Å². The molecule has 0 aromatic heterocycles. The van der Waals surface area contributed by atoms with Gasteiger partial charge in [0.1, 0.15) is 23.9 Å². The number of aliphatic hydroxyl groups excluding tert-OH is 1. The Balaban J connectivity index is 0.635. The second-order valence-electron chi connectivity index (χ2n) is 28.9. The van der Waals surface area contributed by atoms with Gasteiger partial charge in [-0.1, -0.05) is 75.4 Å². The summed E-state index contributed by atoms with van der Waals surface area (Å²) in [6, 6.07) is 12.5. The van der Waals surface area contributed by atoms with E-state index in [1.165, 1.54) is 14.7 Å². The van der Waals surface area contributed by atoms with Crippen molar-refractivity contribution in [2.24, 2.45) is 22.7 Å². The predicted molar refractivity (Wildman–Crippen MR) is 409 cm³/mol. The number of unbranched alkanes of at least 4 members (excludes halogenated alkanes) is 5. The topological polar surface area (TPSA) is 325 Å². The van der Waals surface area contributed by atoms with Crippen LogP contribution in [0, 0.1) is 17.8 Å². The van der Waals surface area contributed by atoms with Gasteiger partial charge in [0.2, 0.25) is 23.6 Å². The molecular formula is C82H115N7O21. The number of amides is 7. The van der Waals surface area contributed by atoms with Crippen molar-refractivity contribution in [1.82, 2.24) is 25.3 Å². The molecule has 0 bridgehead atoms. The van der Waals surface area contributed by atoms with Crippen LogP contribution in [0.3, 0.4) is 0 Å². The first kappa shape index (κ1) is 87.3. The number of rotatable bonds is 52. The number of likely N-dealkylation sites (tertiary alicyclic amines) is 1. The Bertz CT molecular complexity index is 3660. The molecule has 28 nitrogen and oxygen atoms in total. The number of ether oxygens (including phenoxy) is 11. The first-order chi connectivity index (χ1) is 53.1. The van der Waals surface area contributed by atoms with Gasteiger partial charge in [0.15, 0.2) is 12.0 Å². The maximum atomic E-state index is 14.3. The van der Waals surface area contributed by atoms with Gasteiger partial charge < -0.3 is 77.6 Å². The van der Waals surface area contributed by atoms with Gasteiger partial charge in [0, 0.05) is 75.6 Å². The fourth-order valence-electron chi connectivity index (χ4n) is 13.7. The van der Waals surface area contributed by atoms with E-state index in [0.717, 1.165) is 67.2 Å². The van der Waals surface area contributed by atoms with Crippen molar-refractivity contribution < 1.29 is 100 Å². The summed E-state index contributed by atoms with van der Waals surface area (Å²) in [5.74, 6) is -1.50. The van der Waals surface area contributed by atoms with Crippen molar-refractivity contribution >= 4 is 70.7 Å². The SMILES string of the molecule is COc1cc2c(cc1CCCCCCCc1cc3c(cc1OC)C(=O)N1C=C(C)C[C@H]1[C@H](O)N3C(=O)OCc1ccc(CC(=O)[C@H](C)NC(=O)[C@@H](CC(=O)CCOCCOCCOCCOCCOCCOCCOCCOCCNC(=O)CCCCN3C(=O)CC(C)C3=O)C(C)C)cc1)N=C[C@@H]1CC(C)=CN1C2=O. The van der Waals surface area contributed by atoms with Crippen LogP contribution in [0.2, 0.25) is 0 Å². The van der Waals surface area contributed by atoms with E-state index in [1.54, 1.807) is 75.6 Å². The average molecular weight is 1530 g/mol. The minimum Gasteiger partial charge on any atom is -0.496 e. The second-order valence-corrected chi connectivity index (χ2v) is 28.9. The van der Waals surface area contributed by atoms with Gasteiger partial charge in [-0.05, 0) is 125 Å². The van der Waals surface area contributed by atoms with Crippen LogP contribution in [0.4, 0.5) is 16.2 Å². The number of Topliss-reactive ketones (excluding diaryl/α,β-unsaturated/α-hetero) is 2. The molecule has 8 rings (SSSR count). The van der Waals surface area contributed by atoms with E-state index in [0.29, 0.717) is 172 Å². The molecule has 0 radical (unpaired) electrons.